The highest BCUT2D eigenvalue weighted by atomic mass is 32.1. The van der Waals surface area contributed by atoms with Crippen molar-refractivity contribution in [1.29, 1.82) is 0 Å². The minimum absolute atomic E-state index is 0.203. The highest BCUT2D eigenvalue weighted by molar-refractivity contribution is 7.07. The van der Waals surface area contributed by atoms with E-state index in [0.29, 0.717) is 0 Å². The summed E-state index contributed by atoms with van der Waals surface area (Å²) < 4.78 is 1.94. The number of hydrogen-bond acceptors (Lipinski definition) is 3. The van der Waals surface area contributed by atoms with Crippen molar-refractivity contribution in [3.05, 3.63) is 20.7 Å². The number of fused-ring (bicyclic) bond motifs is 1. The molecule has 2 aliphatic rings. The van der Waals surface area contributed by atoms with Crippen molar-refractivity contribution < 1.29 is 0 Å². The van der Waals surface area contributed by atoms with Gasteiger partial charge in [-0.1, -0.05) is 24.2 Å². The molecule has 3 rings (SSSR count). The second-order valence-corrected chi connectivity index (χ2v) is 6.91. The van der Waals surface area contributed by atoms with Gasteiger partial charge in [0, 0.05) is 30.2 Å². The summed E-state index contributed by atoms with van der Waals surface area (Å²) in [5.41, 5.74) is 1.12. The summed E-state index contributed by atoms with van der Waals surface area (Å²) in [6.07, 6.45) is 8.41. The zero-order chi connectivity index (χ0) is 13.2. The molecular formula is C15H24N2OS. The van der Waals surface area contributed by atoms with Gasteiger partial charge in [0.25, 0.3) is 0 Å². The van der Waals surface area contributed by atoms with E-state index in [9.17, 15) is 4.79 Å². The molecule has 0 bridgehead atoms. The molecule has 4 heteroatoms. The molecule has 1 saturated heterocycles. The minimum atomic E-state index is 0.203. The fraction of sp³-hybridized carbons (Fsp3) is 0.800. The minimum Gasteiger partial charge on any atom is -0.302 e. The van der Waals surface area contributed by atoms with Gasteiger partial charge in [-0.25, -0.2) is 0 Å². The van der Waals surface area contributed by atoms with Crippen LogP contribution in [0.1, 0.15) is 44.2 Å². The number of thiazole rings is 1. The standard InChI is InChI=1S/C15H24N2OS/c1-12-11-19-15(18)17(12)10-9-16-8-4-6-13-5-2-3-7-14(13)16/h11,13-14H,2-10H2,1H3. The SMILES string of the molecule is Cc1csc(=O)n1CCN1CCCC2CCCCC21. The number of aromatic nitrogens is 1. The molecule has 2 heterocycles. The summed E-state index contributed by atoms with van der Waals surface area (Å²) in [7, 11) is 0. The fourth-order valence-corrected chi connectivity index (χ4v) is 4.67. The van der Waals surface area contributed by atoms with Gasteiger partial charge in [-0.2, -0.15) is 0 Å². The Hall–Kier alpha value is -0.610. The molecule has 0 amide bonds. The molecule has 0 aromatic carbocycles. The normalized spacial score (nSPS) is 28.3. The van der Waals surface area contributed by atoms with Crippen molar-refractivity contribution in [2.24, 2.45) is 5.92 Å². The summed E-state index contributed by atoms with van der Waals surface area (Å²) in [6, 6.07) is 0.803. The second kappa shape index (κ2) is 5.80. The van der Waals surface area contributed by atoms with E-state index in [1.807, 2.05) is 16.9 Å². The van der Waals surface area contributed by atoms with Crippen LogP contribution in [0, 0.1) is 12.8 Å². The number of rotatable bonds is 3. The maximum absolute atomic E-state index is 11.8. The topological polar surface area (TPSA) is 25.2 Å². The molecule has 1 aromatic heterocycles. The van der Waals surface area contributed by atoms with Gasteiger partial charge in [0.1, 0.15) is 0 Å². The first-order valence-electron chi connectivity index (χ1n) is 7.64. The van der Waals surface area contributed by atoms with Crippen molar-refractivity contribution in [3.63, 3.8) is 0 Å². The van der Waals surface area contributed by atoms with Crippen LogP contribution in [0.25, 0.3) is 0 Å². The first kappa shape index (κ1) is 13.4. The fourth-order valence-electron chi connectivity index (χ4n) is 3.91. The molecule has 2 atom stereocenters. The van der Waals surface area contributed by atoms with E-state index in [1.165, 1.54) is 56.4 Å². The van der Waals surface area contributed by atoms with Crippen LogP contribution >= 0.6 is 11.3 Å². The first-order chi connectivity index (χ1) is 9.25. The van der Waals surface area contributed by atoms with Crippen LogP contribution in [0.3, 0.4) is 0 Å². The summed E-state index contributed by atoms with van der Waals surface area (Å²) in [5.74, 6) is 0.933. The Morgan fingerprint density at radius 2 is 2.00 bits per heavy atom. The van der Waals surface area contributed by atoms with Crippen LogP contribution < -0.4 is 4.87 Å². The van der Waals surface area contributed by atoms with Crippen molar-refractivity contribution in [2.75, 3.05) is 13.1 Å². The highest BCUT2D eigenvalue weighted by Crippen LogP contribution is 2.35. The predicted octanol–water partition coefficient (Wildman–Crippen LogP) is 2.87. The van der Waals surface area contributed by atoms with Crippen LogP contribution in [0.15, 0.2) is 10.2 Å². The van der Waals surface area contributed by atoms with Crippen LogP contribution in [0.5, 0.6) is 0 Å². The quantitative estimate of drug-likeness (QED) is 0.850. The molecule has 1 aliphatic carbocycles. The van der Waals surface area contributed by atoms with Gasteiger partial charge in [-0.15, -0.1) is 0 Å². The third-order valence-electron chi connectivity index (χ3n) is 4.95. The summed E-state index contributed by atoms with van der Waals surface area (Å²) in [5, 5.41) is 1.97. The maximum Gasteiger partial charge on any atom is 0.307 e. The van der Waals surface area contributed by atoms with Gasteiger partial charge >= 0.3 is 4.87 Å². The van der Waals surface area contributed by atoms with E-state index in [1.54, 1.807) is 0 Å². The molecule has 2 fully saturated rings. The Morgan fingerprint density at radius 1 is 1.21 bits per heavy atom. The van der Waals surface area contributed by atoms with E-state index in [4.69, 9.17) is 0 Å². The van der Waals surface area contributed by atoms with Crippen molar-refractivity contribution in [1.82, 2.24) is 9.47 Å². The summed E-state index contributed by atoms with van der Waals surface area (Å²) in [4.78, 5) is 14.6. The molecule has 2 unspecified atom stereocenters. The molecule has 1 saturated carbocycles. The van der Waals surface area contributed by atoms with E-state index in [-0.39, 0.29) is 4.87 Å². The van der Waals surface area contributed by atoms with E-state index in [2.05, 4.69) is 4.90 Å². The third-order valence-corrected chi connectivity index (χ3v) is 5.83. The van der Waals surface area contributed by atoms with E-state index < -0.39 is 0 Å². The Kier molecular flexibility index (Phi) is 4.08. The lowest BCUT2D eigenvalue weighted by molar-refractivity contribution is 0.0579. The van der Waals surface area contributed by atoms with Crippen LogP contribution in [-0.4, -0.2) is 28.6 Å². The molecule has 0 radical (unpaired) electrons. The number of aryl methyl sites for hydroxylation is 1. The van der Waals surface area contributed by atoms with Gasteiger partial charge in [0.2, 0.25) is 0 Å². The molecule has 19 heavy (non-hydrogen) atoms. The van der Waals surface area contributed by atoms with E-state index in [0.717, 1.165) is 30.7 Å². The third kappa shape index (κ3) is 2.79. The number of nitrogens with zero attached hydrogens (tertiary/aromatic N) is 2. The summed E-state index contributed by atoms with van der Waals surface area (Å²) >= 11 is 1.33. The van der Waals surface area contributed by atoms with Crippen LogP contribution in [0.4, 0.5) is 0 Å². The highest BCUT2D eigenvalue weighted by Gasteiger charge is 2.32. The Morgan fingerprint density at radius 3 is 2.79 bits per heavy atom. The Bertz CT molecular complexity index is 477. The maximum atomic E-state index is 11.8. The second-order valence-electron chi connectivity index (χ2n) is 6.08. The lowest BCUT2D eigenvalue weighted by atomic mass is 9.78. The van der Waals surface area contributed by atoms with Crippen molar-refractivity contribution >= 4 is 11.3 Å². The van der Waals surface area contributed by atoms with E-state index >= 15 is 0 Å². The lowest BCUT2D eigenvalue weighted by Crippen LogP contribution is -2.48. The zero-order valence-corrected chi connectivity index (χ0v) is 12.6. The van der Waals surface area contributed by atoms with Gasteiger partial charge in [0.05, 0.1) is 0 Å². The van der Waals surface area contributed by atoms with Gasteiger partial charge in [0.15, 0.2) is 0 Å². The summed E-state index contributed by atoms with van der Waals surface area (Å²) in [6.45, 7) is 5.20. The number of likely N-dealkylation sites (tertiary alicyclic amines) is 1. The molecule has 3 nitrogen and oxygen atoms in total. The molecule has 0 spiro atoms. The van der Waals surface area contributed by atoms with Crippen LogP contribution in [-0.2, 0) is 6.54 Å². The first-order valence-corrected chi connectivity index (χ1v) is 8.52. The number of hydrogen-bond donors (Lipinski definition) is 0. The van der Waals surface area contributed by atoms with Gasteiger partial charge < -0.3 is 4.57 Å². The molecule has 1 aromatic rings. The Labute approximate surface area is 119 Å². The molecule has 1 aliphatic heterocycles. The van der Waals surface area contributed by atoms with Crippen molar-refractivity contribution in [3.8, 4) is 0 Å². The van der Waals surface area contributed by atoms with Gasteiger partial charge in [-0.05, 0) is 45.1 Å². The smallest absolute Gasteiger partial charge is 0.302 e. The van der Waals surface area contributed by atoms with Gasteiger partial charge in [-0.3, -0.25) is 9.69 Å². The monoisotopic (exact) mass is 280 g/mol. The zero-order valence-electron chi connectivity index (χ0n) is 11.8. The largest absolute Gasteiger partial charge is 0.307 e. The molecule has 0 N–H and O–H groups in total. The predicted molar refractivity (Wildman–Crippen MR) is 79.9 cm³/mol. The van der Waals surface area contributed by atoms with Crippen molar-refractivity contribution in [2.45, 2.75) is 58.0 Å². The molecule has 106 valence electrons. The average molecular weight is 280 g/mol. The average Bonchev–Trinajstić information content (AvgIpc) is 2.76. The number of piperidine rings is 1. The lowest BCUT2D eigenvalue weighted by Gasteiger charge is -2.44. The Balaban J connectivity index is 1.64. The van der Waals surface area contributed by atoms with Crippen LogP contribution in [0.2, 0.25) is 0 Å². The molecular weight excluding hydrogens is 256 g/mol.